The van der Waals surface area contributed by atoms with E-state index in [-0.39, 0.29) is 0 Å². The van der Waals surface area contributed by atoms with Crippen molar-refractivity contribution in [3.05, 3.63) is 36.1 Å². The molecule has 0 amide bonds. The fraction of sp³-hybridized carbons (Fsp3) is 0.312. The number of benzene rings is 1. The normalized spacial score (nSPS) is 11.8. The van der Waals surface area contributed by atoms with Gasteiger partial charge in [0.15, 0.2) is 5.76 Å². The van der Waals surface area contributed by atoms with Crippen LogP contribution in [0.4, 0.5) is 5.82 Å². The summed E-state index contributed by atoms with van der Waals surface area (Å²) in [6.07, 6.45) is -0.523. The Bertz CT molecular complexity index is 761. The van der Waals surface area contributed by atoms with E-state index in [2.05, 4.69) is 4.98 Å². The number of para-hydroxylation sites is 1. The average molecular weight is 286 g/mol. The van der Waals surface area contributed by atoms with Crippen LogP contribution in [0, 0.1) is 0 Å². The van der Waals surface area contributed by atoms with Crippen LogP contribution in [-0.2, 0) is 9.47 Å². The highest BCUT2D eigenvalue weighted by atomic mass is 16.7. The van der Waals surface area contributed by atoms with Crippen LogP contribution in [0.1, 0.15) is 25.9 Å². The summed E-state index contributed by atoms with van der Waals surface area (Å²) < 4.78 is 17.1. The molecule has 0 saturated heterocycles. The number of ether oxygens (including phenoxy) is 2. The van der Waals surface area contributed by atoms with Gasteiger partial charge in [-0.3, -0.25) is 0 Å². The summed E-state index contributed by atoms with van der Waals surface area (Å²) in [6.45, 7) is 4.91. The molecule has 0 saturated carbocycles. The number of rotatable bonds is 5. The minimum atomic E-state index is -0.523. The summed E-state index contributed by atoms with van der Waals surface area (Å²) in [4.78, 5) is 4.40. The van der Waals surface area contributed by atoms with Crippen molar-refractivity contribution < 1.29 is 13.9 Å². The first-order chi connectivity index (χ1) is 10.2. The smallest absolute Gasteiger partial charge is 0.217 e. The highest BCUT2D eigenvalue weighted by Gasteiger charge is 2.19. The van der Waals surface area contributed by atoms with E-state index in [1.165, 1.54) is 0 Å². The Hall–Kier alpha value is -2.11. The van der Waals surface area contributed by atoms with Crippen molar-refractivity contribution >= 4 is 27.7 Å². The van der Waals surface area contributed by atoms with Crippen molar-refractivity contribution in [3.8, 4) is 0 Å². The largest absolute Gasteiger partial charge is 0.455 e. The van der Waals surface area contributed by atoms with Gasteiger partial charge in [-0.25, -0.2) is 4.98 Å². The van der Waals surface area contributed by atoms with E-state index < -0.39 is 6.29 Å². The van der Waals surface area contributed by atoms with Crippen LogP contribution in [0.2, 0.25) is 0 Å². The molecule has 0 aliphatic rings. The van der Waals surface area contributed by atoms with Crippen molar-refractivity contribution in [1.82, 2.24) is 4.98 Å². The Balaban J connectivity index is 2.18. The molecule has 21 heavy (non-hydrogen) atoms. The third-order valence-corrected chi connectivity index (χ3v) is 3.29. The van der Waals surface area contributed by atoms with Gasteiger partial charge < -0.3 is 19.6 Å². The summed E-state index contributed by atoms with van der Waals surface area (Å²) in [6, 6.07) is 9.60. The van der Waals surface area contributed by atoms with Crippen LogP contribution < -0.4 is 5.73 Å². The Morgan fingerprint density at radius 3 is 2.57 bits per heavy atom. The second-order valence-electron chi connectivity index (χ2n) is 4.65. The van der Waals surface area contributed by atoms with Crippen molar-refractivity contribution in [3.63, 3.8) is 0 Å². The summed E-state index contributed by atoms with van der Waals surface area (Å²) in [5.41, 5.74) is 7.56. The molecule has 0 aliphatic heterocycles. The zero-order chi connectivity index (χ0) is 14.8. The Labute approximate surface area is 122 Å². The molecule has 5 heteroatoms. The van der Waals surface area contributed by atoms with Crippen molar-refractivity contribution in [2.75, 3.05) is 18.9 Å². The van der Waals surface area contributed by atoms with Gasteiger partial charge in [-0.2, -0.15) is 0 Å². The summed E-state index contributed by atoms with van der Waals surface area (Å²) >= 11 is 0. The van der Waals surface area contributed by atoms with Gasteiger partial charge in [0.2, 0.25) is 6.29 Å². The average Bonchev–Trinajstić information content (AvgIpc) is 2.93. The van der Waals surface area contributed by atoms with Gasteiger partial charge >= 0.3 is 0 Å². The van der Waals surface area contributed by atoms with Crippen LogP contribution in [0.3, 0.4) is 0 Å². The number of pyridine rings is 1. The van der Waals surface area contributed by atoms with Crippen LogP contribution in [0.5, 0.6) is 0 Å². The van der Waals surface area contributed by atoms with Gasteiger partial charge in [-0.15, -0.1) is 0 Å². The Kier molecular flexibility index (Phi) is 3.77. The minimum Gasteiger partial charge on any atom is -0.455 e. The number of aromatic nitrogens is 1. The number of furan rings is 1. The molecule has 0 unspecified atom stereocenters. The highest BCUT2D eigenvalue weighted by molar-refractivity contribution is 6.06. The SMILES string of the molecule is CCOC(OCC)c1cc2c(N)nc3ccccc3c2o1. The maximum atomic E-state index is 6.03. The van der Waals surface area contributed by atoms with Gasteiger partial charge in [0.25, 0.3) is 0 Å². The van der Waals surface area contributed by atoms with Crippen LogP contribution in [0.15, 0.2) is 34.7 Å². The van der Waals surface area contributed by atoms with E-state index in [0.717, 1.165) is 21.9 Å². The summed E-state index contributed by atoms with van der Waals surface area (Å²) in [5.74, 6) is 1.06. The van der Waals surface area contributed by atoms with E-state index in [0.29, 0.717) is 24.8 Å². The lowest BCUT2D eigenvalue weighted by molar-refractivity contribution is -0.150. The molecular weight excluding hydrogens is 268 g/mol. The first kappa shape index (κ1) is 13.9. The summed E-state index contributed by atoms with van der Waals surface area (Å²) in [5, 5.41) is 1.72. The molecule has 5 nitrogen and oxygen atoms in total. The quantitative estimate of drug-likeness (QED) is 0.725. The van der Waals surface area contributed by atoms with E-state index in [1.54, 1.807) is 0 Å². The molecule has 0 bridgehead atoms. The topological polar surface area (TPSA) is 70.5 Å². The van der Waals surface area contributed by atoms with E-state index in [9.17, 15) is 0 Å². The highest BCUT2D eigenvalue weighted by Crippen LogP contribution is 2.33. The number of nitrogens with two attached hydrogens (primary N) is 1. The molecule has 2 heterocycles. The lowest BCUT2D eigenvalue weighted by atomic mass is 10.1. The van der Waals surface area contributed by atoms with E-state index in [1.807, 2.05) is 44.2 Å². The van der Waals surface area contributed by atoms with Crippen LogP contribution in [0.25, 0.3) is 21.9 Å². The van der Waals surface area contributed by atoms with E-state index in [4.69, 9.17) is 19.6 Å². The molecule has 0 aliphatic carbocycles. The molecule has 3 rings (SSSR count). The number of fused-ring (bicyclic) bond motifs is 3. The molecule has 1 aromatic carbocycles. The molecule has 110 valence electrons. The van der Waals surface area contributed by atoms with Crippen molar-refractivity contribution in [2.24, 2.45) is 0 Å². The third-order valence-electron chi connectivity index (χ3n) is 3.29. The van der Waals surface area contributed by atoms with Gasteiger partial charge in [-0.1, -0.05) is 12.1 Å². The monoisotopic (exact) mass is 286 g/mol. The Morgan fingerprint density at radius 1 is 1.14 bits per heavy atom. The maximum absolute atomic E-state index is 6.03. The molecular formula is C16H18N2O3. The molecule has 0 radical (unpaired) electrons. The predicted molar refractivity (Wildman–Crippen MR) is 81.9 cm³/mol. The predicted octanol–water partition coefficient (Wildman–Crippen LogP) is 3.63. The standard InChI is InChI=1S/C16H18N2O3/c1-3-19-16(20-4-2)13-9-11-14(21-13)10-7-5-6-8-12(10)18-15(11)17/h5-9,16H,3-4H2,1-2H3,(H2,17,18). The fourth-order valence-corrected chi connectivity index (χ4v) is 2.38. The second kappa shape index (κ2) is 5.71. The zero-order valence-corrected chi connectivity index (χ0v) is 12.1. The van der Waals surface area contributed by atoms with Gasteiger partial charge in [0.05, 0.1) is 10.9 Å². The molecule has 2 N–H and O–H groups in total. The number of hydrogen-bond acceptors (Lipinski definition) is 5. The lowest BCUT2D eigenvalue weighted by Crippen LogP contribution is -2.07. The van der Waals surface area contributed by atoms with Crippen molar-refractivity contribution in [2.45, 2.75) is 20.1 Å². The zero-order valence-electron chi connectivity index (χ0n) is 12.1. The van der Waals surface area contributed by atoms with Gasteiger partial charge in [0.1, 0.15) is 11.4 Å². The van der Waals surface area contributed by atoms with Crippen LogP contribution in [-0.4, -0.2) is 18.2 Å². The summed E-state index contributed by atoms with van der Waals surface area (Å²) in [7, 11) is 0. The molecule has 0 fully saturated rings. The minimum absolute atomic E-state index is 0.449. The number of hydrogen-bond donors (Lipinski definition) is 1. The fourth-order valence-electron chi connectivity index (χ4n) is 2.38. The number of anilines is 1. The van der Waals surface area contributed by atoms with Crippen LogP contribution >= 0.6 is 0 Å². The first-order valence-corrected chi connectivity index (χ1v) is 7.05. The van der Waals surface area contributed by atoms with E-state index >= 15 is 0 Å². The molecule has 0 spiro atoms. The molecule has 2 aromatic heterocycles. The van der Waals surface area contributed by atoms with Crippen molar-refractivity contribution in [1.29, 1.82) is 0 Å². The molecule has 3 aromatic rings. The first-order valence-electron chi connectivity index (χ1n) is 7.05. The Morgan fingerprint density at radius 2 is 1.86 bits per heavy atom. The lowest BCUT2D eigenvalue weighted by Gasteiger charge is -2.13. The third kappa shape index (κ3) is 2.46. The number of nitrogen functional groups attached to an aromatic ring is 1. The van der Waals surface area contributed by atoms with Gasteiger partial charge in [0, 0.05) is 18.6 Å². The van der Waals surface area contributed by atoms with Gasteiger partial charge in [-0.05, 0) is 32.0 Å². The maximum Gasteiger partial charge on any atom is 0.217 e. The second-order valence-corrected chi connectivity index (χ2v) is 4.65. The molecule has 0 atom stereocenters. The number of nitrogens with zero attached hydrogens (tertiary/aromatic N) is 1.